The minimum Gasteiger partial charge on any atom is -0.379 e. The molecule has 0 spiro atoms. The summed E-state index contributed by atoms with van der Waals surface area (Å²) in [4.78, 5) is 12.4. The molecule has 2 aromatic carbocycles. The lowest BCUT2D eigenvalue weighted by Crippen LogP contribution is -2.40. The van der Waals surface area contributed by atoms with Crippen LogP contribution in [0.15, 0.2) is 47.4 Å². The van der Waals surface area contributed by atoms with Gasteiger partial charge in [0.15, 0.2) is 0 Å². The van der Waals surface area contributed by atoms with Gasteiger partial charge in [-0.15, -0.1) is 0 Å². The first-order valence-corrected chi connectivity index (χ1v) is 10.0. The number of ether oxygens (including phenoxy) is 1. The highest BCUT2D eigenvalue weighted by molar-refractivity contribution is 7.89. The minimum absolute atomic E-state index is 0.00234. The van der Waals surface area contributed by atoms with Crippen molar-refractivity contribution in [2.75, 3.05) is 31.6 Å². The summed E-state index contributed by atoms with van der Waals surface area (Å²) in [5.41, 5.74) is 1.71. The van der Waals surface area contributed by atoms with Gasteiger partial charge in [0.25, 0.3) is 0 Å². The molecule has 6 nitrogen and oxygen atoms in total. The Labute approximate surface area is 158 Å². The second-order valence-electron chi connectivity index (χ2n) is 6.35. The van der Waals surface area contributed by atoms with Crippen molar-refractivity contribution >= 4 is 21.6 Å². The molecule has 1 aliphatic rings. The number of nitrogens with one attached hydrogen (secondary N) is 1. The number of hydrogen-bond donors (Lipinski definition) is 1. The van der Waals surface area contributed by atoms with Crippen molar-refractivity contribution < 1.29 is 22.3 Å². The summed E-state index contributed by atoms with van der Waals surface area (Å²) in [6, 6.07) is 10.5. The van der Waals surface area contributed by atoms with E-state index in [0.29, 0.717) is 37.6 Å². The van der Waals surface area contributed by atoms with E-state index < -0.39 is 15.8 Å². The number of anilines is 1. The topological polar surface area (TPSA) is 75.7 Å². The average Bonchev–Trinajstić information content (AvgIpc) is 2.64. The standard InChI is InChI=1S/C19H21FN2O4S/c1-14-5-6-17(27(24,25)22-7-9-26-10-8-22)13-18(14)21-19(23)12-15-3-2-4-16(20)11-15/h2-6,11,13H,7-10,12H2,1H3,(H,21,23). The highest BCUT2D eigenvalue weighted by atomic mass is 32.2. The lowest BCUT2D eigenvalue weighted by atomic mass is 10.1. The average molecular weight is 392 g/mol. The molecule has 0 aromatic heterocycles. The SMILES string of the molecule is Cc1ccc(S(=O)(=O)N2CCOCC2)cc1NC(=O)Cc1cccc(F)c1. The van der Waals surface area contributed by atoms with Crippen LogP contribution >= 0.6 is 0 Å². The Balaban J connectivity index is 1.78. The number of morpholine rings is 1. The van der Waals surface area contributed by atoms with Crippen LogP contribution in [0.3, 0.4) is 0 Å². The van der Waals surface area contributed by atoms with Gasteiger partial charge in [-0.05, 0) is 42.3 Å². The van der Waals surface area contributed by atoms with Crippen molar-refractivity contribution in [1.82, 2.24) is 4.31 Å². The molecule has 2 aromatic rings. The molecule has 0 aliphatic carbocycles. The van der Waals surface area contributed by atoms with E-state index in [4.69, 9.17) is 4.74 Å². The largest absolute Gasteiger partial charge is 0.379 e. The first-order valence-electron chi connectivity index (χ1n) is 8.59. The zero-order valence-corrected chi connectivity index (χ0v) is 15.8. The maximum absolute atomic E-state index is 13.3. The van der Waals surface area contributed by atoms with Crippen LogP contribution in [0.25, 0.3) is 0 Å². The molecule has 3 rings (SSSR count). The van der Waals surface area contributed by atoms with Crippen molar-refractivity contribution in [3.05, 3.63) is 59.4 Å². The van der Waals surface area contributed by atoms with Crippen LogP contribution < -0.4 is 5.32 Å². The van der Waals surface area contributed by atoms with E-state index in [-0.39, 0.29) is 17.2 Å². The van der Waals surface area contributed by atoms with Gasteiger partial charge < -0.3 is 10.1 Å². The maximum atomic E-state index is 13.3. The summed E-state index contributed by atoms with van der Waals surface area (Å²) in [6.45, 7) is 3.11. The quantitative estimate of drug-likeness (QED) is 0.848. The van der Waals surface area contributed by atoms with Crippen molar-refractivity contribution in [2.45, 2.75) is 18.2 Å². The van der Waals surface area contributed by atoms with E-state index in [1.54, 1.807) is 25.1 Å². The van der Waals surface area contributed by atoms with Crippen molar-refractivity contribution in [2.24, 2.45) is 0 Å². The molecule has 8 heteroatoms. The summed E-state index contributed by atoms with van der Waals surface area (Å²) in [5.74, 6) is -0.750. The van der Waals surface area contributed by atoms with Crippen LogP contribution in [0.2, 0.25) is 0 Å². The Morgan fingerprint density at radius 2 is 1.93 bits per heavy atom. The monoisotopic (exact) mass is 392 g/mol. The van der Waals surface area contributed by atoms with Gasteiger partial charge in [0, 0.05) is 18.8 Å². The summed E-state index contributed by atoms with van der Waals surface area (Å²) in [6.07, 6.45) is -0.00234. The van der Waals surface area contributed by atoms with Gasteiger partial charge in [-0.25, -0.2) is 12.8 Å². The number of amides is 1. The van der Waals surface area contributed by atoms with Crippen LogP contribution in [0, 0.1) is 12.7 Å². The Kier molecular flexibility index (Phi) is 5.88. The van der Waals surface area contributed by atoms with E-state index in [0.717, 1.165) is 5.56 Å². The molecule has 1 aliphatic heterocycles. The highest BCUT2D eigenvalue weighted by Gasteiger charge is 2.26. The van der Waals surface area contributed by atoms with Gasteiger partial charge >= 0.3 is 0 Å². The number of sulfonamides is 1. The molecule has 0 radical (unpaired) electrons. The number of rotatable bonds is 5. The molecule has 0 bridgehead atoms. The molecule has 0 atom stereocenters. The van der Waals surface area contributed by atoms with E-state index in [2.05, 4.69) is 5.32 Å². The number of nitrogens with zero attached hydrogens (tertiary/aromatic N) is 1. The van der Waals surface area contributed by atoms with Crippen molar-refractivity contribution in [1.29, 1.82) is 0 Å². The number of carbonyl (C=O) groups excluding carboxylic acids is 1. The van der Waals surface area contributed by atoms with Gasteiger partial charge in [0.1, 0.15) is 5.82 Å². The molecule has 27 heavy (non-hydrogen) atoms. The van der Waals surface area contributed by atoms with E-state index in [1.807, 2.05) is 0 Å². The van der Waals surface area contributed by atoms with E-state index in [9.17, 15) is 17.6 Å². The molecule has 0 unspecified atom stereocenters. The van der Waals surface area contributed by atoms with Crippen LogP contribution in [-0.4, -0.2) is 44.9 Å². The molecular formula is C19H21FN2O4S. The number of hydrogen-bond acceptors (Lipinski definition) is 4. The normalized spacial score (nSPS) is 15.5. The third-order valence-electron chi connectivity index (χ3n) is 4.34. The number of carbonyl (C=O) groups is 1. The van der Waals surface area contributed by atoms with Gasteiger partial charge in [-0.3, -0.25) is 4.79 Å². The second-order valence-corrected chi connectivity index (χ2v) is 8.29. The van der Waals surface area contributed by atoms with Crippen LogP contribution in [0.1, 0.15) is 11.1 Å². The first-order chi connectivity index (χ1) is 12.9. The molecule has 1 fully saturated rings. The smallest absolute Gasteiger partial charge is 0.243 e. The van der Waals surface area contributed by atoms with Crippen LogP contribution in [-0.2, 0) is 26.0 Å². The lowest BCUT2D eigenvalue weighted by molar-refractivity contribution is -0.115. The zero-order chi connectivity index (χ0) is 19.4. The number of benzene rings is 2. The Hall–Kier alpha value is -2.29. The fourth-order valence-electron chi connectivity index (χ4n) is 2.86. The van der Waals surface area contributed by atoms with Gasteiger partial charge in [0.05, 0.1) is 24.5 Å². The predicted octanol–water partition coefficient (Wildman–Crippen LogP) is 2.34. The Bertz CT molecular complexity index is 940. The molecule has 1 N–H and O–H groups in total. The molecular weight excluding hydrogens is 371 g/mol. The first kappa shape index (κ1) is 19.5. The summed E-state index contributed by atoms with van der Waals surface area (Å²) in [5, 5.41) is 2.72. The van der Waals surface area contributed by atoms with Gasteiger partial charge in [-0.1, -0.05) is 18.2 Å². The van der Waals surface area contributed by atoms with Gasteiger partial charge in [0.2, 0.25) is 15.9 Å². The molecule has 1 heterocycles. The zero-order valence-electron chi connectivity index (χ0n) is 14.9. The molecule has 144 valence electrons. The third kappa shape index (κ3) is 4.71. The summed E-state index contributed by atoms with van der Waals surface area (Å²) in [7, 11) is -3.65. The second kappa shape index (κ2) is 8.16. The molecule has 1 amide bonds. The number of halogens is 1. The Morgan fingerprint density at radius 1 is 1.19 bits per heavy atom. The summed E-state index contributed by atoms with van der Waals surface area (Å²) < 4.78 is 45.4. The predicted molar refractivity (Wildman–Crippen MR) is 99.5 cm³/mol. The molecule has 0 saturated carbocycles. The number of aryl methyl sites for hydroxylation is 1. The third-order valence-corrected chi connectivity index (χ3v) is 6.24. The minimum atomic E-state index is -3.65. The fraction of sp³-hybridized carbons (Fsp3) is 0.316. The van der Waals surface area contributed by atoms with E-state index >= 15 is 0 Å². The highest BCUT2D eigenvalue weighted by Crippen LogP contribution is 2.24. The summed E-state index contributed by atoms with van der Waals surface area (Å²) >= 11 is 0. The van der Waals surface area contributed by atoms with Crippen molar-refractivity contribution in [3.8, 4) is 0 Å². The maximum Gasteiger partial charge on any atom is 0.243 e. The van der Waals surface area contributed by atoms with Crippen LogP contribution in [0.5, 0.6) is 0 Å². The Morgan fingerprint density at radius 3 is 2.63 bits per heavy atom. The van der Waals surface area contributed by atoms with Crippen molar-refractivity contribution in [3.63, 3.8) is 0 Å². The molecule has 1 saturated heterocycles. The fourth-order valence-corrected chi connectivity index (χ4v) is 4.29. The van der Waals surface area contributed by atoms with Gasteiger partial charge in [-0.2, -0.15) is 4.31 Å². The van der Waals surface area contributed by atoms with E-state index in [1.165, 1.54) is 28.6 Å². The lowest BCUT2D eigenvalue weighted by Gasteiger charge is -2.26. The van der Waals surface area contributed by atoms with Crippen LogP contribution in [0.4, 0.5) is 10.1 Å².